The first kappa shape index (κ1) is 21.7. The second kappa shape index (κ2) is 8.65. The number of fused-ring (bicyclic) bond motifs is 1. The zero-order chi connectivity index (χ0) is 23.0. The van der Waals surface area contributed by atoms with Gasteiger partial charge in [-0.15, -0.1) is 0 Å². The summed E-state index contributed by atoms with van der Waals surface area (Å²) >= 11 is 0. The van der Waals surface area contributed by atoms with Gasteiger partial charge in [0.25, 0.3) is 0 Å². The summed E-state index contributed by atoms with van der Waals surface area (Å²) in [5.74, 6) is 1.14. The van der Waals surface area contributed by atoms with Crippen molar-refractivity contribution in [2.45, 2.75) is 37.6 Å². The molecule has 0 saturated carbocycles. The molecular formula is C25H26N4O3S. The minimum Gasteiger partial charge on any atom is -0.419 e. The number of sulfonamides is 1. The standard InChI is InChI=1S/C25H26N4O3S/c1-18-5-4-13-29(16-18)33(30,31)22-10-8-20(9-11-22)24-27-23(15-26)25(32-24)28-14-12-19-6-2-3-7-21(19)17-28/h2-3,6-11,18H,4-5,12-14,16-17H2,1H3. The van der Waals surface area contributed by atoms with E-state index in [-0.39, 0.29) is 10.6 Å². The van der Waals surface area contributed by atoms with Crippen molar-refractivity contribution in [3.63, 3.8) is 0 Å². The van der Waals surface area contributed by atoms with Crippen LogP contribution in [0.3, 0.4) is 0 Å². The second-order valence-corrected chi connectivity index (χ2v) is 10.8. The highest BCUT2D eigenvalue weighted by atomic mass is 32.2. The number of aromatic nitrogens is 1. The summed E-state index contributed by atoms with van der Waals surface area (Å²) in [6.45, 7) is 4.59. The molecule has 0 amide bonds. The highest BCUT2D eigenvalue weighted by Gasteiger charge is 2.29. The molecule has 8 heteroatoms. The third-order valence-corrected chi connectivity index (χ3v) is 8.37. The van der Waals surface area contributed by atoms with Crippen molar-refractivity contribution < 1.29 is 12.8 Å². The third kappa shape index (κ3) is 4.14. The van der Waals surface area contributed by atoms with Crippen LogP contribution in [0.15, 0.2) is 57.8 Å². The summed E-state index contributed by atoms with van der Waals surface area (Å²) < 4.78 is 33.7. The maximum absolute atomic E-state index is 13.0. The Morgan fingerprint density at radius 1 is 1.09 bits per heavy atom. The molecule has 1 atom stereocenters. The second-order valence-electron chi connectivity index (χ2n) is 8.86. The van der Waals surface area contributed by atoms with Crippen LogP contribution < -0.4 is 4.90 Å². The fourth-order valence-corrected chi connectivity index (χ4v) is 6.27. The molecule has 0 N–H and O–H groups in total. The number of hydrogen-bond donors (Lipinski definition) is 0. The van der Waals surface area contributed by atoms with E-state index >= 15 is 0 Å². The van der Waals surface area contributed by atoms with Crippen LogP contribution in [-0.2, 0) is 23.0 Å². The van der Waals surface area contributed by atoms with Crippen molar-refractivity contribution in [2.75, 3.05) is 24.5 Å². The van der Waals surface area contributed by atoms with Crippen LogP contribution in [0.25, 0.3) is 11.5 Å². The van der Waals surface area contributed by atoms with Crippen molar-refractivity contribution in [1.29, 1.82) is 5.26 Å². The number of anilines is 1. The van der Waals surface area contributed by atoms with Gasteiger partial charge in [0.1, 0.15) is 6.07 Å². The molecular weight excluding hydrogens is 436 g/mol. The SMILES string of the molecule is CC1CCCN(S(=O)(=O)c2ccc(-c3nc(C#N)c(N4CCc5ccccc5C4)o3)cc2)C1. The summed E-state index contributed by atoms with van der Waals surface area (Å²) in [5, 5.41) is 9.64. The Hall–Kier alpha value is -3.15. The van der Waals surface area contributed by atoms with E-state index in [1.807, 2.05) is 17.0 Å². The lowest BCUT2D eigenvalue weighted by Gasteiger charge is -2.30. The first-order valence-electron chi connectivity index (χ1n) is 11.3. The smallest absolute Gasteiger partial charge is 0.243 e. The third-order valence-electron chi connectivity index (χ3n) is 6.49. The van der Waals surface area contributed by atoms with E-state index in [0.717, 1.165) is 25.8 Å². The Kier molecular flexibility index (Phi) is 5.69. The lowest BCUT2D eigenvalue weighted by molar-refractivity contribution is 0.281. The predicted octanol–water partition coefficient (Wildman–Crippen LogP) is 4.20. The predicted molar refractivity (Wildman–Crippen MR) is 125 cm³/mol. The van der Waals surface area contributed by atoms with E-state index < -0.39 is 10.0 Å². The number of nitriles is 1. The molecule has 2 aromatic carbocycles. The van der Waals surface area contributed by atoms with E-state index in [0.29, 0.717) is 42.9 Å². The van der Waals surface area contributed by atoms with Crippen LogP contribution in [0.5, 0.6) is 0 Å². The summed E-state index contributed by atoms with van der Waals surface area (Å²) in [6, 6.07) is 17.0. The molecule has 0 radical (unpaired) electrons. The average Bonchev–Trinajstić information content (AvgIpc) is 3.28. The molecule has 1 aromatic heterocycles. The molecule has 3 aromatic rings. The summed E-state index contributed by atoms with van der Waals surface area (Å²) in [6.07, 6.45) is 2.81. The monoisotopic (exact) mass is 462 g/mol. The van der Waals surface area contributed by atoms with Gasteiger partial charge in [-0.3, -0.25) is 0 Å². The summed E-state index contributed by atoms with van der Waals surface area (Å²) in [7, 11) is -3.53. The van der Waals surface area contributed by atoms with Crippen LogP contribution in [0.1, 0.15) is 36.6 Å². The highest BCUT2D eigenvalue weighted by molar-refractivity contribution is 7.89. The van der Waals surface area contributed by atoms with E-state index in [1.165, 1.54) is 11.1 Å². The van der Waals surface area contributed by atoms with Crippen LogP contribution in [0, 0.1) is 17.2 Å². The van der Waals surface area contributed by atoms with Crippen molar-refractivity contribution in [2.24, 2.45) is 5.92 Å². The molecule has 0 bridgehead atoms. The van der Waals surface area contributed by atoms with Crippen LogP contribution in [-0.4, -0.2) is 37.3 Å². The van der Waals surface area contributed by atoms with Crippen LogP contribution in [0.4, 0.5) is 5.88 Å². The van der Waals surface area contributed by atoms with Crippen molar-refractivity contribution >= 4 is 15.9 Å². The van der Waals surface area contributed by atoms with E-state index in [9.17, 15) is 13.7 Å². The first-order valence-corrected chi connectivity index (χ1v) is 12.7. The van der Waals surface area contributed by atoms with Gasteiger partial charge >= 0.3 is 0 Å². The number of hydrogen-bond acceptors (Lipinski definition) is 6. The number of oxazole rings is 1. The molecule has 2 aliphatic rings. The van der Waals surface area contributed by atoms with Gasteiger partial charge in [0, 0.05) is 31.7 Å². The molecule has 0 aliphatic carbocycles. The lowest BCUT2D eigenvalue weighted by atomic mass is 10.00. The topological polar surface area (TPSA) is 90.4 Å². The zero-order valence-corrected chi connectivity index (χ0v) is 19.4. The fraction of sp³-hybridized carbons (Fsp3) is 0.360. The summed E-state index contributed by atoms with van der Waals surface area (Å²) in [4.78, 5) is 6.69. The minimum absolute atomic E-state index is 0.239. The normalized spacial score (nSPS) is 19.2. The molecule has 3 heterocycles. The fourth-order valence-electron chi connectivity index (χ4n) is 4.67. The Morgan fingerprint density at radius 3 is 2.58 bits per heavy atom. The van der Waals surface area contributed by atoms with Gasteiger partial charge in [-0.2, -0.15) is 14.6 Å². The maximum Gasteiger partial charge on any atom is 0.243 e. The molecule has 1 fully saturated rings. The van der Waals surface area contributed by atoms with Crippen molar-refractivity contribution in [1.82, 2.24) is 9.29 Å². The van der Waals surface area contributed by atoms with Gasteiger partial charge in [-0.05, 0) is 60.6 Å². The van der Waals surface area contributed by atoms with E-state index in [2.05, 4.69) is 30.1 Å². The molecule has 33 heavy (non-hydrogen) atoms. The van der Waals surface area contributed by atoms with Crippen molar-refractivity contribution in [3.8, 4) is 17.5 Å². The molecule has 2 aliphatic heterocycles. The minimum atomic E-state index is -3.53. The Balaban J connectivity index is 1.39. The molecule has 0 spiro atoms. The molecule has 1 saturated heterocycles. The molecule has 5 rings (SSSR count). The number of nitrogens with zero attached hydrogens (tertiary/aromatic N) is 4. The van der Waals surface area contributed by atoms with Crippen molar-refractivity contribution in [3.05, 3.63) is 65.4 Å². The van der Waals surface area contributed by atoms with Gasteiger partial charge in [0.2, 0.25) is 27.5 Å². The van der Waals surface area contributed by atoms with E-state index in [4.69, 9.17) is 4.42 Å². The van der Waals surface area contributed by atoms with Gasteiger partial charge < -0.3 is 9.32 Å². The van der Waals surface area contributed by atoms with Gasteiger partial charge in [0.05, 0.1) is 4.90 Å². The molecule has 170 valence electrons. The number of rotatable bonds is 4. The Labute approximate surface area is 194 Å². The Bertz CT molecular complexity index is 1310. The first-order chi connectivity index (χ1) is 16.0. The van der Waals surface area contributed by atoms with Crippen LogP contribution in [0.2, 0.25) is 0 Å². The van der Waals surface area contributed by atoms with Gasteiger partial charge in [-0.1, -0.05) is 31.2 Å². The maximum atomic E-state index is 13.0. The number of benzene rings is 2. The quantitative estimate of drug-likeness (QED) is 0.577. The highest BCUT2D eigenvalue weighted by Crippen LogP contribution is 2.32. The van der Waals surface area contributed by atoms with Gasteiger partial charge in [-0.25, -0.2) is 8.42 Å². The van der Waals surface area contributed by atoms with E-state index in [1.54, 1.807) is 28.6 Å². The largest absolute Gasteiger partial charge is 0.419 e. The van der Waals surface area contributed by atoms with Gasteiger partial charge in [0.15, 0.2) is 0 Å². The van der Waals surface area contributed by atoms with Crippen LogP contribution >= 0.6 is 0 Å². The zero-order valence-electron chi connectivity index (χ0n) is 18.6. The number of piperidine rings is 1. The average molecular weight is 463 g/mol. The molecule has 1 unspecified atom stereocenters. The Morgan fingerprint density at radius 2 is 1.85 bits per heavy atom. The summed E-state index contributed by atoms with van der Waals surface area (Å²) in [5.41, 5.74) is 3.41. The lowest BCUT2D eigenvalue weighted by Crippen LogP contribution is -2.39. The molecule has 7 nitrogen and oxygen atoms in total.